The monoisotopic (exact) mass is 328 g/mol. The highest BCUT2D eigenvalue weighted by atomic mass is 16.5. The highest BCUT2D eigenvalue weighted by Crippen LogP contribution is 2.14. The number of para-hydroxylation sites is 1. The van der Waals surface area contributed by atoms with Crippen molar-refractivity contribution in [3.8, 4) is 11.5 Å². The molecule has 2 N–H and O–H groups in total. The zero-order chi connectivity index (χ0) is 17.4. The molecule has 0 spiro atoms. The molecule has 24 heavy (non-hydrogen) atoms. The van der Waals surface area contributed by atoms with Crippen LogP contribution < -0.4 is 20.3 Å². The van der Waals surface area contributed by atoms with Crippen LogP contribution in [0.25, 0.3) is 0 Å². The molecule has 126 valence electrons. The first-order chi connectivity index (χ1) is 11.5. The van der Waals surface area contributed by atoms with Gasteiger partial charge in [-0.1, -0.05) is 24.3 Å². The summed E-state index contributed by atoms with van der Waals surface area (Å²) in [5.74, 6) is 0.285. The molecule has 0 fully saturated rings. The van der Waals surface area contributed by atoms with Crippen molar-refractivity contribution in [1.82, 2.24) is 10.9 Å². The lowest BCUT2D eigenvalue weighted by molar-refractivity contribution is -0.123. The molecule has 6 heteroatoms. The molecule has 2 amide bonds. The van der Waals surface area contributed by atoms with Gasteiger partial charge in [-0.15, -0.1) is 0 Å². The van der Waals surface area contributed by atoms with Gasteiger partial charge >= 0.3 is 0 Å². The van der Waals surface area contributed by atoms with E-state index in [1.165, 1.54) is 0 Å². The van der Waals surface area contributed by atoms with Crippen LogP contribution in [0.2, 0.25) is 0 Å². The van der Waals surface area contributed by atoms with Gasteiger partial charge in [0.05, 0.1) is 6.10 Å². The first-order valence-corrected chi connectivity index (χ1v) is 7.58. The van der Waals surface area contributed by atoms with Gasteiger partial charge in [0.1, 0.15) is 11.5 Å². The van der Waals surface area contributed by atoms with Crippen LogP contribution in [0.5, 0.6) is 11.5 Å². The van der Waals surface area contributed by atoms with E-state index in [0.717, 1.165) is 0 Å². The van der Waals surface area contributed by atoms with E-state index in [-0.39, 0.29) is 12.7 Å². The summed E-state index contributed by atoms with van der Waals surface area (Å²) in [7, 11) is 0. The van der Waals surface area contributed by atoms with Crippen molar-refractivity contribution in [1.29, 1.82) is 0 Å². The number of hydrazine groups is 1. The van der Waals surface area contributed by atoms with E-state index < -0.39 is 11.8 Å². The lowest BCUT2D eigenvalue weighted by Crippen LogP contribution is -2.43. The van der Waals surface area contributed by atoms with Gasteiger partial charge in [-0.05, 0) is 44.2 Å². The molecule has 0 bridgehead atoms. The van der Waals surface area contributed by atoms with E-state index >= 15 is 0 Å². The average Bonchev–Trinajstić information content (AvgIpc) is 2.58. The topological polar surface area (TPSA) is 76.7 Å². The molecule has 0 radical (unpaired) electrons. The zero-order valence-corrected chi connectivity index (χ0v) is 13.6. The summed E-state index contributed by atoms with van der Waals surface area (Å²) in [5.41, 5.74) is 5.04. The number of carbonyl (C=O) groups excluding carboxylic acids is 2. The predicted molar refractivity (Wildman–Crippen MR) is 89.8 cm³/mol. The van der Waals surface area contributed by atoms with Crippen molar-refractivity contribution in [2.45, 2.75) is 20.0 Å². The van der Waals surface area contributed by atoms with Gasteiger partial charge in [-0.3, -0.25) is 20.4 Å². The fourth-order valence-electron chi connectivity index (χ4n) is 1.88. The maximum absolute atomic E-state index is 12.0. The number of amides is 2. The minimum Gasteiger partial charge on any atom is -0.491 e. The Morgan fingerprint density at radius 1 is 0.958 bits per heavy atom. The van der Waals surface area contributed by atoms with Gasteiger partial charge in [-0.2, -0.15) is 0 Å². The Kier molecular flexibility index (Phi) is 6.19. The van der Waals surface area contributed by atoms with Crippen LogP contribution in [0.3, 0.4) is 0 Å². The summed E-state index contributed by atoms with van der Waals surface area (Å²) in [6.45, 7) is 3.61. The maximum Gasteiger partial charge on any atom is 0.276 e. The molecule has 0 aliphatic carbocycles. The fourth-order valence-corrected chi connectivity index (χ4v) is 1.88. The highest BCUT2D eigenvalue weighted by molar-refractivity contribution is 5.95. The highest BCUT2D eigenvalue weighted by Gasteiger charge is 2.09. The Hall–Kier alpha value is -3.02. The van der Waals surface area contributed by atoms with Crippen LogP contribution in [0.15, 0.2) is 54.6 Å². The fraction of sp³-hybridized carbons (Fsp3) is 0.222. The summed E-state index contributed by atoms with van der Waals surface area (Å²) >= 11 is 0. The number of nitrogens with one attached hydrogen (secondary N) is 2. The van der Waals surface area contributed by atoms with E-state index in [2.05, 4.69) is 10.9 Å². The second-order valence-electron chi connectivity index (χ2n) is 5.30. The molecule has 0 aliphatic heterocycles. The Morgan fingerprint density at radius 2 is 1.67 bits per heavy atom. The van der Waals surface area contributed by atoms with E-state index in [1.807, 2.05) is 19.9 Å². The second kappa shape index (κ2) is 8.57. The van der Waals surface area contributed by atoms with Crippen molar-refractivity contribution in [3.63, 3.8) is 0 Å². The Balaban J connectivity index is 1.81. The molecule has 2 aromatic carbocycles. The third kappa shape index (κ3) is 5.64. The number of hydrogen-bond donors (Lipinski definition) is 2. The minimum atomic E-state index is -0.457. The normalized spacial score (nSPS) is 10.1. The van der Waals surface area contributed by atoms with Crippen molar-refractivity contribution in [2.75, 3.05) is 6.61 Å². The van der Waals surface area contributed by atoms with E-state index in [1.54, 1.807) is 48.5 Å². The number of benzene rings is 2. The van der Waals surface area contributed by atoms with Gasteiger partial charge in [0.2, 0.25) is 0 Å². The molecule has 2 aromatic rings. The molecule has 0 aromatic heterocycles. The van der Waals surface area contributed by atoms with Crippen LogP contribution in [-0.2, 0) is 4.79 Å². The molecular formula is C18H20N2O4. The smallest absolute Gasteiger partial charge is 0.276 e. The van der Waals surface area contributed by atoms with Gasteiger partial charge in [-0.25, -0.2) is 0 Å². The number of ether oxygens (including phenoxy) is 2. The minimum absolute atomic E-state index is 0.0122. The molecule has 0 saturated carbocycles. The van der Waals surface area contributed by atoms with Gasteiger partial charge in [0.15, 0.2) is 6.61 Å². The van der Waals surface area contributed by atoms with Crippen LogP contribution >= 0.6 is 0 Å². The standard InChI is InChI=1S/C18H20N2O4/c1-13(2)24-16-10-6-7-14(11-16)18(22)20-19-17(21)12-23-15-8-4-3-5-9-15/h3-11,13H,12H2,1-2H3,(H,19,21)(H,20,22). The van der Waals surface area contributed by atoms with Gasteiger partial charge in [0, 0.05) is 5.56 Å². The second-order valence-corrected chi connectivity index (χ2v) is 5.30. The van der Waals surface area contributed by atoms with Gasteiger partial charge in [0.25, 0.3) is 11.8 Å². The van der Waals surface area contributed by atoms with Crippen molar-refractivity contribution in [2.24, 2.45) is 0 Å². The SMILES string of the molecule is CC(C)Oc1cccc(C(=O)NNC(=O)COc2ccccc2)c1. The first-order valence-electron chi connectivity index (χ1n) is 7.58. The van der Waals surface area contributed by atoms with E-state index in [4.69, 9.17) is 9.47 Å². The zero-order valence-electron chi connectivity index (χ0n) is 13.6. The summed E-state index contributed by atoms with van der Waals surface area (Å²) in [6.07, 6.45) is 0.0122. The van der Waals surface area contributed by atoms with Crippen LogP contribution in [-0.4, -0.2) is 24.5 Å². The largest absolute Gasteiger partial charge is 0.491 e. The molecule has 0 heterocycles. The molecule has 2 rings (SSSR count). The molecule has 0 atom stereocenters. The van der Waals surface area contributed by atoms with Crippen LogP contribution in [0, 0.1) is 0 Å². The molecule has 0 unspecified atom stereocenters. The van der Waals surface area contributed by atoms with Gasteiger partial charge < -0.3 is 9.47 Å². The average molecular weight is 328 g/mol. The molecular weight excluding hydrogens is 308 g/mol. The number of rotatable bonds is 6. The van der Waals surface area contributed by atoms with Crippen molar-refractivity contribution >= 4 is 11.8 Å². The molecule has 0 aliphatic rings. The van der Waals surface area contributed by atoms with Crippen molar-refractivity contribution in [3.05, 3.63) is 60.2 Å². The van der Waals surface area contributed by atoms with Crippen LogP contribution in [0.1, 0.15) is 24.2 Å². The first kappa shape index (κ1) is 17.3. The third-order valence-electron chi connectivity index (χ3n) is 2.90. The lowest BCUT2D eigenvalue weighted by Gasteiger charge is -2.11. The summed E-state index contributed by atoms with van der Waals surface area (Å²) in [6, 6.07) is 15.7. The number of carbonyl (C=O) groups is 2. The number of hydrogen-bond acceptors (Lipinski definition) is 4. The Morgan fingerprint density at radius 3 is 2.38 bits per heavy atom. The molecule has 6 nitrogen and oxygen atoms in total. The quantitative estimate of drug-likeness (QED) is 0.798. The van der Waals surface area contributed by atoms with E-state index in [9.17, 15) is 9.59 Å². The summed E-state index contributed by atoms with van der Waals surface area (Å²) in [4.78, 5) is 23.7. The summed E-state index contributed by atoms with van der Waals surface area (Å²) < 4.78 is 10.8. The molecule has 0 saturated heterocycles. The Labute approximate surface area is 140 Å². The van der Waals surface area contributed by atoms with Crippen LogP contribution in [0.4, 0.5) is 0 Å². The summed E-state index contributed by atoms with van der Waals surface area (Å²) in [5, 5.41) is 0. The predicted octanol–water partition coefficient (Wildman–Crippen LogP) is 2.31. The van der Waals surface area contributed by atoms with Crippen molar-refractivity contribution < 1.29 is 19.1 Å². The Bertz CT molecular complexity index is 686. The van der Waals surface area contributed by atoms with E-state index in [0.29, 0.717) is 17.1 Å². The lowest BCUT2D eigenvalue weighted by atomic mass is 10.2. The maximum atomic E-state index is 12.0. The third-order valence-corrected chi connectivity index (χ3v) is 2.90.